The lowest BCUT2D eigenvalue weighted by Crippen LogP contribution is -2.36. The maximum Gasteiger partial charge on any atom is 0.267 e. The number of nitrogens with zero attached hydrogens (tertiary/aromatic N) is 2. The van der Waals surface area contributed by atoms with Crippen LogP contribution in [0.1, 0.15) is 27.0 Å². The summed E-state index contributed by atoms with van der Waals surface area (Å²) < 4.78 is 39.9. The third kappa shape index (κ3) is 5.84. The zero-order chi connectivity index (χ0) is 25.7. The summed E-state index contributed by atoms with van der Waals surface area (Å²) >= 11 is 0. The standard InChI is InChI=1S/C26H30N4O5S/c1-18-7-6-8-19(2)24(18)29-36(32,33)23-15-21(16-27-26(23)34-3)28-25(31)22-10-5-4-9-20(22)17-30-11-13-35-14-12-30/h4-10,15-16,29H,11-14,17H2,1-3H3,(H,28,31). The second-order valence-corrected chi connectivity index (χ2v) is 10.3. The van der Waals surface area contributed by atoms with Crippen molar-refractivity contribution in [3.63, 3.8) is 0 Å². The Bertz CT molecular complexity index is 1330. The summed E-state index contributed by atoms with van der Waals surface area (Å²) in [5.74, 6) is -0.420. The highest BCUT2D eigenvalue weighted by Gasteiger charge is 2.24. The molecule has 1 amide bonds. The summed E-state index contributed by atoms with van der Waals surface area (Å²) in [4.78, 5) is 19.4. The molecule has 2 heterocycles. The lowest BCUT2D eigenvalue weighted by Gasteiger charge is -2.27. The Kier molecular flexibility index (Phi) is 7.88. The predicted molar refractivity (Wildman–Crippen MR) is 138 cm³/mol. The number of benzene rings is 2. The smallest absolute Gasteiger partial charge is 0.267 e. The van der Waals surface area contributed by atoms with Crippen molar-refractivity contribution in [2.45, 2.75) is 25.3 Å². The van der Waals surface area contributed by atoms with Crippen molar-refractivity contribution in [3.05, 3.63) is 77.0 Å². The minimum absolute atomic E-state index is 0.0700. The van der Waals surface area contributed by atoms with Crippen LogP contribution in [0.3, 0.4) is 0 Å². The van der Waals surface area contributed by atoms with E-state index in [1.165, 1.54) is 19.4 Å². The van der Waals surface area contributed by atoms with Crippen molar-refractivity contribution >= 4 is 27.3 Å². The molecule has 1 aromatic heterocycles. The summed E-state index contributed by atoms with van der Waals surface area (Å²) in [5, 5.41) is 2.79. The molecule has 0 spiro atoms. The maximum absolute atomic E-state index is 13.3. The van der Waals surface area contributed by atoms with Crippen molar-refractivity contribution in [2.75, 3.05) is 43.5 Å². The number of ether oxygens (including phenoxy) is 2. The number of morpholine rings is 1. The zero-order valence-corrected chi connectivity index (χ0v) is 21.4. The Morgan fingerprint density at radius 1 is 1.08 bits per heavy atom. The molecule has 0 saturated carbocycles. The van der Waals surface area contributed by atoms with Crippen LogP contribution in [-0.4, -0.2) is 57.6 Å². The third-order valence-electron chi connectivity index (χ3n) is 6.04. The monoisotopic (exact) mass is 510 g/mol. The molecule has 0 radical (unpaired) electrons. The molecule has 9 nitrogen and oxygen atoms in total. The number of carbonyl (C=O) groups is 1. The van der Waals surface area contributed by atoms with Gasteiger partial charge in [-0.15, -0.1) is 0 Å². The number of aryl methyl sites for hydroxylation is 2. The highest BCUT2D eigenvalue weighted by Crippen LogP contribution is 2.29. The fourth-order valence-electron chi connectivity index (χ4n) is 4.09. The second-order valence-electron chi connectivity index (χ2n) is 8.60. The van der Waals surface area contributed by atoms with E-state index in [-0.39, 0.29) is 22.4 Å². The SMILES string of the molecule is COc1ncc(NC(=O)c2ccccc2CN2CCOCC2)cc1S(=O)(=O)Nc1c(C)cccc1C. The third-order valence-corrected chi connectivity index (χ3v) is 7.38. The topological polar surface area (TPSA) is 110 Å². The Morgan fingerprint density at radius 3 is 2.47 bits per heavy atom. The van der Waals surface area contributed by atoms with Crippen LogP contribution in [0.2, 0.25) is 0 Å². The van der Waals surface area contributed by atoms with Crippen LogP contribution in [0.25, 0.3) is 0 Å². The van der Waals surface area contributed by atoms with Crippen LogP contribution < -0.4 is 14.8 Å². The number of methoxy groups -OCH3 is 1. The first-order valence-electron chi connectivity index (χ1n) is 11.6. The van der Waals surface area contributed by atoms with Gasteiger partial charge in [-0.1, -0.05) is 36.4 Å². The van der Waals surface area contributed by atoms with E-state index >= 15 is 0 Å². The lowest BCUT2D eigenvalue weighted by atomic mass is 10.1. The Labute approximate surface area is 211 Å². The van der Waals surface area contributed by atoms with Crippen LogP contribution in [0.5, 0.6) is 5.88 Å². The number of pyridine rings is 1. The Morgan fingerprint density at radius 2 is 1.78 bits per heavy atom. The number of hydrogen-bond donors (Lipinski definition) is 2. The van der Waals surface area contributed by atoms with Gasteiger partial charge in [0.25, 0.3) is 15.9 Å². The zero-order valence-electron chi connectivity index (χ0n) is 20.6. The van der Waals surface area contributed by atoms with Crippen LogP contribution in [0.4, 0.5) is 11.4 Å². The molecule has 0 bridgehead atoms. The number of carbonyl (C=O) groups excluding carboxylic acids is 1. The van der Waals surface area contributed by atoms with E-state index < -0.39 is 10.0 Å². The fourth-order valence-corrected chi connectivity index (χ4v) is 5.44. The molecule has 1 aliphatic heterocycles. The lowest BCUT2D eigenvalue weighted by molar-refractivity contribution is 0.0341. The number of anilines is 2. The van der Waals surface area contributed by atoms with Gasteiger partial charge < -0.3 is 14.8 Å². The molecule has 3 aromatic rings. The van der Waals surface area contributed by atoms with Gasteiger partial charge in [-0.3, -0.25) is 14.4 Å². The summed E-state index contributed by atoms with van der Waals surface area (Å²) in [7, 11) is -2.71. The van der Waals surface area contributed by atoms with Gasteiger partial charge in [-0.2, -0.15) is 0 Å². The molecule has 1 aliphatic rings. The van der Waals surface area contributed by atoms with Gasteiger partial charge in [-0.05, 0) is 42.7 Å². The molecule has 0 atom stereocenters. The highest BCUT2D eigenvalue weighted by atomic mass is 32.2. The van der Waals surface area contributed by atoms with Gasteiger partial charge in [0.1, 0.15) is 0 Å². The molecular weight excluding hydrogens is 480 g/mol. The number of hydrogen-bond acceptors (Lipinski definition) is 7. The minimum Gasteiger partial charge on any atom is -0.480 e. The van der Waals surface area contributed by atoms with Gasteiger partial charge in [0.2, 0.25) is 5.88 Å². The molecule has 36 heavy (non-hydrogen) atoms. The van der Waals surface area contributed by atoms with Gasteiger partial charge in [0, 0.05) is 25.2 Å². The molecule has 0 aliphatic carbocycles. The molecule has 4 rings (SSSR count). The molecule has 2 aromatic carbocycles. The van der Waals surface area contributed by atoms with Gasteiger partial charge in [0.15, 0.2) is 4.90 Å². The highest BCUT2D eigenvalue weighted by molar-refractivity contribution is 7.92. The number of amides is 1. The number of sulfonamides is 1. The molecule has 2 N–H and O–H groups in total. The summed E-state index contributed by atoms with van der Waals surface area (Å²) in [6.07, 6.45) is 1.37. The van der Waals surface area contributed by atoms with E-state index in [1.54, 1.807) is 12.1 Å². The molecule has 10 heteroatoms. The normalized spacial score (nSPS) is 14.3. The Hall–Kier alpha value is -3.47. The van der Waals surface area contributed by atoms with Crippen molar-refractivity contribution in [2.24, 2.45) is 0 Å². The van der Waals surface area contributed by atoms with Crippen LogP contribution in [-0.2, 0) is 21.3 Å². The number of para-hydroxylation sites is 1. The van der Waals surface area contributed by atoms with Gasteiger partial charge in [0.05, 0.1) is 37.9 Å². The minimum atomic E-state index is -4.06. The molecule has 190 valence electrons. The summed E-state index contributed by atoms with van der Waals surface area (Å²) in [6, 6.07) is 14.2. The van der Waals surface area contributed by atoms with Crippen molar-refractivity contribution in [1.82, 2.24) is 9.88 Å². The maximum atomic E-state index is 13.3. The molecule has 1 saturated heterocycles. The summed E-state index contributed by atoms with van der Waals surface area (Å²) in [6.45, 7) is 7.20. The average molecular weight is 511 g/mol. The van der Waals surface area contributed by atoms with Crippen LogP contribution in [0.15, 0.2) is 59.6 Å². The number of rotatable bonds is 8. The van der Waals surface area contributed by atoms with Crippen LogP contribution >= 0.6 is 0 Å². The molecular formula is C26H30N4O5S. The summed E-state index contributed by atoms with van der Waals surface area (Å²) in [5.41, 5.74) is 3.69. The first-order chi connectivity index (χ1) is 17.3. The molecule has 1 fully saturated rings. The van der Waals surface area contributed by atoms with E-state index in [4.69, 9.17) is 9.47 Å². The van der Waals surface area contributed by atoms with Crippen molar-refractivity contribution < 1.29 is 22.7 Å². The average Bonchev–Trinajstić information content (AvgIpc) is 2.87. The van der Waals surface area contributed by atoms with E-state index in [1.807, 2.05) is 44.2 Å². The van der Waals surface area contributed by atoms with Gasteiger partial charge in [-0.25, -0.2) is 13.4 Å². The van der Waals surface area contributed by atoms with E-state index in [0.717, 1.165) is 29.8 Å². The van der Waals surface area contributed by atoms with Crippen molar-refractivity contribution in [3.8, 4) is 5.88 Å². The van der Waals surface area contributed by atoms with E-state index in [9.17, 15) is 13.2 Å². The molecule has 0 unspecified atom stereocenters. The largest absolute Gasteiger partial charge is 0.480 e. The quantitative estimate of drug-likeness (QED) is 0.477. The van der Waals surface area contributed by atoms with E-state index in [0.29, 0.717) is 31.0 Å². The van der Waals surface area contributed by atoms with Gasteiger partial charge >= 0.3 is 0 Å². The first-order valence-corrected chi connectivity index (χ1v) is 13.1. The number of nitrogens with one attached hydrogen (secondary N) is 2. The van der Waals surface area contributed by atoms with E-state index in [2.05, 4.69) is 19.9 Å². The van der Waals surface area contributed by atoms with Crippen LogP contribution in [0, 0.1) is 13.8 Å². The predicted octanol–water partition coefficient (Wildman–Crippen LogP) is 3.59. The fraction of sp³-hybridized carbons (Fsp3) is 0.308. The van der Waals surface area contributed by atoms with Crippen molar-refractivity contribution in [1.29, 1.82) is 0 Å². The Balaban J connectivity index is 1.59. The first kappa shape index (κ1) is 25.6. The number of aromatic nitrogens is 1. The second kappa shape index (κ2) is 11.1.